The lowest BCUT2D eigenvalue weighted by molar-refractivity contribution is -0.158. The molecule has 236 valence electrons. The number of phenolic OH excluding ortho intramolecular Hbond substituents is 2. The Kier molecular flexibility index (Phi) is 8.75. The maximum atomic E-state index is 13.6. The number of hydrogen-bond acceptors (Lipinski definition) is 9. The Morgan fingerprint density at radius 2 is 1.80 bits per heavy atom. The number of rotatable bonds is 6. The van der Waals surface area contributed by atoms with Crippen LogP contribution >= 0.6 is 11.6 Å². The molecule has 9 nitrogen and oxygen atoms in total. The summed E-state index contributed by atoms with van der Waals surface area (Å²) >= 11 is 6.42. The maximum absolute atomic E-state index is 13.6. The number of esters is 1. The highest BCUT2D eigenvalue weighted by Crippen LogP contribution is 2.44. The van der Waals surface area contributed by atoms with Crippen molar-refractivity contribution >= 4 is 34.2 Å². The van der Waals surface area contributed by atoms with Gasteiger partial charge < -0.3 is 29.2 Å². The van der Waals surface area contributed by atoms with E-state index >= 15 is 0 Å². The first-order chi connectivity index (χ1) is 21.6. The zero-order valence-electron chi connectivity index (χ0n) is 25.7. The first kappa shape index (κ1) is 30.9. The van der Waals surface area contributed by atoms with Gasteiger partial charge in [0.1, 0.15) is 34.3 Å². The number of ether oxygens (including phenoxy) is 1. The molecule has 10 heteroatoms. The van der Waals surface area contributed by atoms with Crippen LogP contribution in [0.25, 0.3) is 22.3 Å². The van der Waals surface area contributed by atoms with Crippen molar-refractivity contribution in [2.24, 2.45) is 5.92 Å². The third kappa shape index (κ3) is 6.24. The summed E-state index contributed by atoms with van der Waals surface area (Å²) in [5, 5.41) is 22.2. The molecule has 2 saturated heterocycles. The van der Waals surface area contributed by atoms with Crippen LogP contribution in [-0.4, -0.2) is 65.4 Å². The first-order valence-corrected chi connectivity index (χ1v) is 15.9. The number of benzene rings is 2. The number of halogens is 1. The summed E-state index contributed by atoms with van der Waals surface area (Å²) in [7, 11) is 1.96. The van der Waals surface area contributed by atoms with Crippen molar-refractivity contribution in [2.75, 3.05) is 38.1 Å². The molecular weight excluding hydrogens is 594 g/mol. The van der Waals surface area contributed by atoms with E-state index in [9.17, 15) is 19.8 Å². The summed E-state index contributed by atoms with van der Waals surface area (Å²) in [5.41, 5.74) is 2.61. The number of nitrogens with zero attached hydrogens (tertiary/aromatic N) is 3. The van der Waals surface area contributed by atoms with E-state index in [1.165, 1.54) is 12.1 Å². The van der Waals surface area contributed by atoms with Gasteiger partial charge in [0.2, 0.25) is 0 Å². The summed E-state index contributed by atoms with van der Waals surface area (Å²) in [5.74, 6) is -1.04. The fraction of sp³-hybridized carbons (Fsp3) is 0.400. The van der Waals surface area contributed by atoms with Gasteiger partial charge in [0.25, 0.3) is 0 Å². The Morgan fingerprint density at radius 1 is 1.04 bits per heavy atom. The molecule has 4 heterocycles. The quantitative estimate of drug-likeness (QED) is 0.237. The van der Waals surface area contributed by atoms with Gasteiger partial charge in [0.15, 0.2) is 5.43 Å². The van der Waals surface area contributed by atoms with Gasteiger partial charge in [-0.1, -0.05) is 37.6 Å². The molecular formula is C35H38ClN3O6. The zero-order valence-corrected chi connectivity index (χ0v) is 26.5. The average molecular weight is 632 g/mol. The molecule has 0 unspecified atom stereocenters. The standard InChI is InChI=1S/C35H38ClN3O6/c1-20(2)26-16-22(8-12-37-26)39-14-9-21(10-15-39)35(43)45-31-19-38(3)13-11-24(31)32-27(40)17-28(41)33-29(42)18-30(44-34(32)33)23-6-4-5-7-25(23)36/h4-8,12,16-18,20-21,24,31,40-41H,9-11,13-15,19H2,1-3H3/t24-,31+/m0/s1. The van der Waals surface area contributed by atoms with Crippen LogP contribution in [0.2, 0.25) is 5.02 Å². The number of anilines is 1. The molecule has 2 aromatic heterocycles. The molecule has 0 radical (unpaired) electrons. The predicted octanol–water partition coefficient (Wildman–Crippen LogP) is 6.29. The van der Waals surface area contributed by atoms with Crippen LogP contribution in [0, 0.1) is 5.92 Å². The van der Waals surface area contributed by atoms with E-state index in [4.69, 9.17) is 20.8 Å². The highest BCUT2D eigenvalue weighted by Gasteiger charge is 2.38. The Bertz CT molecular complexity index is 1780. The van der Waals surface area contributed by atoms with E-state index in [-0.39, 0.29) is 40.1 Å². The predicted molar refractivity (Wildman–Crippen MR) is 174 cm³/mol. The van der Waals surface area contributed by atoms with Crippen LogP contribution in [0.15, 0.2) is 63.9 Å². The number of piperidine rings is 2. The molecule has 2 aromatic carbocycles. The molecule has 45 heavy (non-hydrogen) atoms. The van der Waals surface area contributed by atoms with Crippen molar-refractivity contribution in [1.29, 1.82) is 0 Å². The number of aromatic nitrogens is 1. The van der Waals surface area contributed by atoms with Crippen molar-refractivity contribution in [1.82, 2.24) is 9.88 Å². The second-order valence-corrected chi connectivity index (χ2v) is 12.9. The van der Waals surface area contributed by atoms with Gasteiger partial charge in [-0.05, 0) is 63.0 Å². The van der Waals surface area contributed by atoms with Gasteiger partial charge in [-0.2, -0.15) is 0 Å². The summed E-state index contributed by atoms with van der Waals surface area (Å²) in [4.78, 5) is 35.8. The van der Waals surface area contributed by atoms with E-state index in [1.807, 2.05) is 19.3 Å². The fourth-order valence-corrected chi connectivity index (χ4v) is 6.79. The highest BCUT2D eigenvalue weighted by molar-refractivity contribution is 6.33. The van der Waals surface area contributed by atoms with Gasteiger partial charge in [-0.15, -0.1) is 0 Å². The van der Waals surface area contributed by atoms with E-state index < -0.39 is 17.5 Å². The van der Waals surface area contributed by atoms with Crippen molar-refractivity contribution in [3.05, 3.63) is 81.2 Å². The third-order valence-corrected chi connectivity index (χ3v) is 9.42. The maximum Gasteiger partial charge on any atom is 0.309 e. The molecule has 0 aliphatic carbocycles. The number of phenols is 2. The summed E-state index contributed by atoms with van der Waals surface area (Å²) in [6, 6.07) is 13.6. The fourth-order valence-electron chi connectivity index (χ4n) is 6.56. The Balaban J connectivity index is 1.27. The van der Waals surface area contributed by atoms with E-state index in [0.717, 1.165) is 24.5 Å². The minimum Gasteiger partial charge on any atom is -0.507 e. The molecule has 4 aromatic rings. The lowest BCUT2D eigenvalue weighted by Gasteiger charge is -2.38. The molecule has 2 atom stereocenters. The van der Waals surface area contributed by atoms with E-state index in [2.05, 4.69) is 34.7 Å². The Hall–Kier alpha value is -4.08. The SMILES string of the molecule is CC(C)c1cc(N2CCC(C(=O)O[C@@H]3CN(C)CC[C@@H]3c3c(O)cc(O)c4c(=O)cc(-c5ccccc5Cl)oc34)CC2)ccn1. The number of likely N-dealkylation sites (tertiary alicyclic amines) is 1. The highest BCUT2D eigenvalue weighted by atomic mass is 35.5. The van der Waals surface area contributed by atoms with Gasteiger partial charge >= 0.3 is 5.97 Å². The van der Waals surface area contributed by atoms with Crippen LogP contribution in [0.1, 0.15) is 56.2 Å². The van der Waals surface area contributed by atoms with Crippen LogP contribution in [0.3, 0.4) is 0 Å². The van der Waals surface area contributed by atoms with Gasteiger partial charge in [0.05, 0.1) is 10.9 Å². The molecule has 0 bridgehead atoms. The number of carbonyl (C=O) groups excluding carboxylic acids is 1. The molecule has 0 saturated carbocycles. The van der Waals surface area contributed by atoms with Crippen molar-refractivity contribution in [2.45, 2.75) is 51.0 Å². The van der Waals surface area contributed by atoms with Gasteiger partial charge in [0, 0.05) is 66.4 Å². The zero-order chi connectivity index (χ0) is 31.8. The normalized spacial score (nSPS) is 19.7. The van der Waals surface area contributed by atoms with Crippen molar-refractivity contribution in [3.63, 3.8) is 0 Å². The average Bonchev–Trinajstić information content (AvgIpc) is 3.02. The second-order valence-electron chi connectivity index (χ2n) is 12.5. The van der Waals surface area contributed by atoms with Crippen LogP contribution in [0.5, 0.6) is 11.5 Å². The van der Waals surface area contributed by atoms with Crippen LogP contribution in [-0.2, 0) is 9.53 Å². The van der Waals surface area contributed by atoms with E-state index in [1.54, 1.807) is 24.3 Å². The molecule has 0 spiro atoms. The number of carbonyl (C=O) groups is 1. The minimum atomic E-state index is -0.601. The smallest absolute Gasteiger partial charge is 0.309 e. The summed E-state index contributed by atoms with van der Waals surface area (Å²) in [6.07, 6.45) is 3.10. The first-order valence-electron chi connectivity index (χ1n) is 15.5. The monoisotopic (exact) mass is 631 g/mol. The molecule has 2 aliphatic rings. The lowest BCUT2D eigenvalue weighted by atomic mass is 9.85. The summed E-state index contributed by atoms with van der Waals surface area (Å²) < 4.78 is 12.5. The largest absolute Gasteiger partial charge is 0.507 e. The number of aromatic hydroxyl groups is 2. The Morgan fingerprint density at radius 3 is 2.53 bits per heavy atom. The van der Waals surface area contributed by atoms with Gasteiger partial charge in [-0.3, -0.25) is 14.6 Å². The molecule has 2 N–H and O–H groups in total. The third-order valence-electron chi connectivity index (χ3n) is 9.09. The van der Waals surface area contributed by atoms with Crippen molar-refractivity contribution < 1.29 is 24.2 Å². The molecule has 0 amide bonds. The second kappa shape index (κ2) is 12.7. The van der Waals surface area contributed by atoms with Crippen LogP contribution in [0.4, 0.5) is 5.69 Å². The molecule has 2 aliphatic heterocycles. The topological polar surface area (TPSA) is 116 Å². The van der Waals surface area contributed by atoms with Crippen molar-refractivity contribution in [3.8, 4) is 22.8 Å². The summed E-state index contributed by atoms with van der Waals surface area (Å²) in [6.45, 7) is 6.83. The lowest BCUT2D eigenvalue weighted by Crippen LogP contribution is -2.45. The Labute approximate surface area is 267 Å². The number of hydrogen-bond donors (Lipinski definition) is 2. The number of pyridine rings is 1. The van der Waals surface area contributed by atoms with Gasteiger partial charge in [-0.25, -0.2) is 0 Å². The molecule has 6 rings (SSSR count). The number of fused-ring (bicyclic) bond motifs is 1. The van der Waals surface area contributed by atoms with E-state index in [0.29, 0.717) is 54.4 Å². The van der Waals surface area contributed by atoms with Crippen LogP contribution < -0.4 is 10.3 Å². The number of likely N-dealkylation sites (N-methyl/N-ethyl adjacent to an activating group) is 1. The molecule has 2 fully saturated rings. The minimum absolute atomic E-state index is 0.0354.